The Bertz CT molecular complexity index is 782. The maximum Gasteiger partial charge on any atom is 0.250 e. The van der Waals surface area contributed by atoms with Gasteiger partial charge >= 0.3 is 0 Å². The fraction of sp³-hybridized carbons (Fsp3) is 0.520. The molecular formula is C25H41N5O2. The van der Waals surface area contributed by atoms with Crippen molar-refractivity contribution in [3.63, 3.8) is 0 Å². The Kier molecular flexibility index (Phi) is 11.6. The molecule has 1 saturated heterocycles. The van der Waals surface area contributed by atoms with Crippen LogP contribution in [0.25, 0.3) is 0 Å². The van der Waals surface area contributed by atoms with Gasteiger partial charge in [0.1, 0.15) is 5.54 Å². The maximum absolute atomic E-state index is 13.4. The molecule has 178 valence electrons. The number of rotatable bonds is 11. The number of amides is 2. The Hall–Kier alpha value is -2.80. The third-order valence-corrected chi connectivity index (χ3v) is 5.53. The molecule has 1 heterocycles. The van der Waals surface area contributed by atoms with Crippen LogP contribution in [0.15, 0.2) is 59.6 Å². The summed E-state index contributed by atoms with van der Waals surface area (Å²) in [5, 5.41) is 9.60. The molecule has 0 aromatic rings. The number of hydrogen-bond donors (Lipinski definition) is 4. The number of piperidine rings is 1. The predicted molar refractivity (Wildman–Crippen MR) is 132 cm³/mol. The van der Waals surface area contributed by atoms with E-state index in [2.05, 4.69) is 22.5 Å². The number of nitrogens with two attached hydrogens (primary N) is 1. The molecule has 0 radical (unpaired) electrons. The fourth-order valence-electron chi connectivity index (χ4n) is 3.79. The molecule has 0 atom stereocenters. The molecule has 7 heteroatoms. The van der Waals surface area contributed by atoms with E-state index >= 15 is 0 Å². The zero-order chi connectivity index (χ0) is 24.1. The average molecular weight is 444 g/mol. The van der Waals surface area contributed by atoms with E-state index in [0.29, 0.717) is 50.4 Å². The number of nitrogens with zero attached hydrogens (tertiary/aromatic N) is 1. The number of carbonyl (C=O) groups is 2. The highest BCUT2D eigenvalue weighted by Gasteiger charge is 2.45. The van der Waals surface area contributed by atoms with Crippen molar-refractivity contribution in [2.75, 3.05) is 26.2 Å². The number of hydrogen-bond acceptors (Lipinski definition) is 5. The standard InChI is InChI=1S/C25H41N5O2/c1-7-10-23(20(5)26)28-18-19(4)11-12-22(9-3)29-24(32)25(13-15-27-16-14-25)30(17-8-2)21(6)31/h7,9-12,27-28H,4,8,13-18,26H2,1-3,5-6H3,(H,29,32)/b10-7-,12-11-,22-9+,23-20-. The molecular weight excluding hydrogens is 402 g/mol. The average Bonchev–Trinajstić information content (AvgIpc) is 2.77. The van der Waals surface area contributed by atoms with Crippen molar-refractivity contribution in [1.29, 1.82) is 0 Å². The topological polar surface area (TPSA) is 99.5 Å². The molecule has 1 rings (SSSR count). The minimum atomic E-state index is -0.835. The Labute approximate surface area is 193 Å². The van der Waals surface area contributed by atoms with Crippen LogP contribution < -0.4 is 21.7 Å². The van der Waals surface area contributed by atoms with Gasteiger partial charge in [-0.3, -0.25) is 9.59 Å². The lowest BCUT2D eigenvalue weighted by atomic mass is 9.84. The van der Waals surface area contributed by atoms with Crippen LogP contribution in [0.3, 0.4) is 0 Å². The van der Waals surface area contributed by atoms with Crippen LogP contribution in [0, 0.1) is 0 Å². The first-order valence-electron chi connectivity index (χ1n) is 11.4. The summed E-state index contributed by atoms with van der Waals surface area (Å²) in [7, 11) is 0. The van der Waals surface area contributed by atoms with Crippen molar-refractivity contribution in [3.8, 4) is 0 Å². The zero-order valence-corrected chi connectivity index (χ0v) is 20.4. The summed E-state index contributed by atoms with van der Waals surface area (Å²) >= 11 is 0. The van der Waals surface area contributed by atoms with E-state index in [4.69, 9.17) is 5.73 Å². The molecule has 32 heavy (non-hydrogen) atoms. The molecule has 0 unspecified atom stereocenters. The molecule has 1 fully saturated rings. The van der Waals surface area contributed by atoms with Gasteiger partial charge in [-0.15, -0.1) is 0 Å². The monoisotopic (exact) mass is 443 g/mol. The first kappa shape index (κ1) is 27.2. The molecule has 0 spiro atoms. The van der Waals surface area contributed by atoms with Crippen LogP contribution in [0.5, 0.6) is 0 Å². The molecule has 7 nitrogen and oxygen atoms in total. The molecule has 0 aliphatic carbocycles. The third kappa shape index (κ3) is 7.71. The molecule has 1 aliphatic heterocycles. The molecule has 5 N–H and O–H groups in total. The highest BCUT2D eigenvalue weighted by Crippen LogP contribution is 2.28. The second-order valence-corrected chi connectivity index (χ2v) is 8.09. The summed E-state index contributed by atoms with van der Waals surface area (Å²) in [6, 6.07) is 0. The van der Waals surface area contributed by atoms with Crippen molar-refractivity contribution in [2.24, 2.45) is 5.73 Å². The molecule has 0 aromatic heterocycles. The lowest BCUT2D eigenvalue weighted by molar-refractivity contribution is -0.148. The summed E-state index contributed by atoms with van der Waals surface area (Å²) in [5.41, 5.74) is 8.13. The van der Waals surface area contributed by atoms with Crippen molar-refractivity contribution >= 4 is 11.8 Å². The summed E-state index contributed by atoms with van der Waals surface area (Å²) in [6.45, 7) is 15.8. The van der Waals surface area contributed by atoms with E-state index in [-0.39, 0.29) is 11.8 Å². The van der Waals surface area contributed by atoms with Crippen LogP contribution in [-0.4, -0.2) is 48.4 Å². The van der Waals surface area contributed by atoms with Gasteiger partial charge in [0.05, 0.1) is 5.70 Å². The van der Waals surface area contributed by atoms with E-state index in [1.165, 1.54) is 0 Å². The van der Waals surface area contributed by atoms with Crippen molar-refractivity contribution in [3.05, 3.63) is 59.6 Å². The highest BCUT2D eigenvalue weighted by molar-refractivity contribution is 5.92. The second kappa shape index (κ2) is 13.6. The van der Waals surface area contributed by atoms with Gasteiger partial charge in [0.2, 0.25) is 11.8 Å². The summed E-state index contributed by atoms with van der Waals surface area (Å²) in [5.74, 6) is -0.206. The van der Waals surface area contributed by atoms with Gasteiger partial charge < -0.3 is 26.6 Å². The smallest absolute Gasteiger partial charge is 0.250 e. The van der Waals surface area contributed by atoms with Gasteiger partial charge in [-0.1, -0.05) is 31.7 Å². The minimum Gasteiger partial charge on any atom is -0.401 e. The lowest BCUT2D eigenvalue weighted by Gasteiger charge is -2.45. The van der Waals surface area contributed by atoms with Crippen LogP contribution >= 0.6 is 0 Å². The Morgan fingerprint density at radius 2 is 1.81 bits per heavy atom. The number of allylic oxidation sites excluding steroid dienone is 5. The van der Waals surface area contributed by atoms with E-state index in [0.717, 1.165) is 17.7 Å². The van der Waals surface area contributed by atoms with Crippen LogP contribution in [0.4, 0.5) is 0 Å². The van der Waals surface area contributed by atoms with E-state index < -0.39 is 5.54 Å². The first-order valence-corrected chi connectivity index (χ1v) is 11.4. The maximum atomic E-state index is 13.4. The van der Waals surface area contributed by atoms with Crippen molar-refractivity contribution < 1.29 is 9.59 Å². The summed E-state index contributed by atoms with van der Waals surface area (Å²) < 4.78 is 0. The summed E-state index contributed by atoms with van der Waals surface area (Å²) in [4.78, 5) is 27.6. The Morgan fingerprint density at radius 1 is 1.16 bits per heavy atom. The van der Waals surface area contributed by atoms with Crippen LogP contribution in [-0.2, 0) is 9.59 Å². The van der Waals surface area contributed by atoms with E-state index in [9.17, 15) is 9.59 Å². The summed E-state index contributed by atoms with van der Waals surface area (Å²) in [6.07, 6.45) is 11.4. The molecule has 0 bridgehead atoms. The van der Waals surface area contributed by atoms with Gasteiger partial charge in [-0.05, 0) is 70.8 Å². The molecule has 2 amide bonds. The number of nitrogens with one attached hydrogen (secondary N) is 3. The quantitative estimate of drug-likeness (QED) is 0.368. The van der Waals surface area contributed by atoms with Gasteiger partial charge in [-0.25, -0.2) is 0 Å². The number of carbonyl (C=O) groups excluding carboxylic acids is 2. The van der Waals surface area contributed by atoms with Gasteiger partial charge in [0.15, 0.2) is 0 Å². The molecule has 0 aromatic carbocycles. The SMILES string of the molecule is C=C(/C=C\C(=C/C)NC(=O)C1(N(CCC)C(C)=O)CCNCC1)CNC(/C=C\C)=C(/C)N. The molecule has 0 saturated carbocycles. The van der Waals surface area contributed by atoms with Crippen LogP contribution in [0.1, 0.15) is 53.9 Å². The largest absolute Gasteiger partial charge is 0.401 e. The second-order valence-electron chi connectivity index (χ2n) is 8.09. The predicted octanol–water partition coefficient (Wildman–Crippen LogP) is 2.86. The lowest BCUT2D eigenvalue weighted by Crippen LogP contribution is -2.64. The normalized spacial score (nSPS) is 17.2. The fourth-order valence-corrected chi connectivity index (χ4v) is 3.79. The van der Waals surface area contributed by atoms with Gasteiger partial charge in [0, 0.05) is 31.4 Å². The van der Waals surface area contributed by atoms with Crippen molar-refractivity contribution in [1.82, 2.24) is 20.9 Å². The van der Waals surface area contributed by atoms with Gasteiger partial charge in [0.25, 0.3) is 0 Å². The van der Waals surface area contributed by atoms with Crippen LogP contribution in [0.2, 0.25) is 0 Å². The van der Waals surface area contributed by atoms with Crippen molar-refractivity contribution in [2.45, 2.75) is 59.4 Å². The first-order chi connectivity index (χ1) is 15.2. The van der Waals surface area contributed by atoms with E-state index in [1.54, 1.807) is 11.8 Å². The third-order valence-electron chi connectivity index (χ3n) is 5.53. The van der Waals surface area contributed by atoms with E-state index in [1.807, 2.05) is 58.1 Å². The minimum absolute atomic E-state index is 0.0684. The Balaban J connectivity index is 2.92. The molecule has 1 aliphatic rings. The van der Waals surface area contributed by atoms with Gasteiger partial charge in [-0.2, -0.15) is 0 Å². The Morgan fingerprint density at radius 3 is 2.31 bits per heavy atom. The highest BCUT2D eigenvalue weighted by atomic mass is 16.2. The zero-order valence-electron chi connectivity index (χ0n) is 20.4.